The van der Waals surface area contributed by atoms with E-state index in [0.717, 1.165) is 12.0 Å². The fourth-order valence-electron chi connectivity index (χ4n) is 2.56. The van der Waals surface area contributed by atoms with Crippen molar-refractivity contribution in [3.63, 3.8) is 0 Å². The molecule has 0 spiro atoms. The van der Waals surface area contributed by atoms with Crippen LogP contribution >= 0.6 is 0 Å². The normalized spacial score (nSPS) is 25.8. The molecule has 112 valence electrons. The molecule has 2 rings (SSSR count). The fourth-order valence-corrected chi connectivity index (χ4v) is 4.26. The third-order valence-corrected chi connectivity index (χ3v) is 6.15. The first-order chi connectivity index (χ1) is 9.36. The summed E-state index contributed by atoms with van der Waals surface area (Å²) in [6, 6.07) is 6.94. The zero-order valence-electron chi connectivity index (χ0n) is 12.4. The highest BCUT2D eigenvalue weighted by atomic mass is 32.2. The molecule has 1 aromatic carbocycles. The zero-order valence-corrected chi connectivity index (χ0v) is 13.2. The van der Waals surface area contributed by atoms with Crippen molar-refractivity contribution in [1.29, 1.82) is 0 Å². The van der Waals surface area contributed by atoms with E-state index in [-0.39, 0.29) is 6.04 Å². The molecule has 3 atom stereocenters. The van der Waals surface area contributed by atoms with Gasteiger partial charge in [-0.15, -0.1) is 0 Å². The topological polar surface area (TPSA) is 63.4 Å². The Balaban J connectivity index is 2.31. The summed E-state index contributed by atoms with van der Waals surface area (Å²) in [4.78, 5) is 0.361. The lowest BCUT2D eigenvalue weighted by Crippen LogP contribution is -2.29. The number of nitrogens with two attached hydrogens (primary N) is 1. The summed E-state index contributed by atoms with van der Waals surface area (Å²) in [7, 11) is -3.39. The molecule has 1 aliphatic rings. The van der Waals surface area contributed by atoms with Gasteiger partial charge in [0.2, 0.25) is 10.0 Å². The Hall–Kier alpha value is -0.910. The van der Waals surface area contributed by atoms with Crippen LogP contribution in [0.1, 0.15) is 38.8 Å². The summed E-state index contributed by atoms with van der Waals surface area (Å²) in [6.45, 7) is 7.41. The summed E-state index contributed by atoms with van der Waals surface area (Å²) in [5, 5.41) is 0. The minimum atomic E-state index is -3.39. The minimum absolute atomic E-state index is 0.110. The van der Waals surface area contributed by atoms with Gasteiger partial charge in [-0.2, -0.15) is 4.31 Å². The average molecular weight is 296 g/mol. The fraction of sp³-hybridized carbons (Fsp3) is 0.600. The highest BCUT2D eigenvalue weighted by molar-refractivity contribution is 7.89. The lowest BCUT2D eigenvalue weighted by molar-refractivity contribution is 0.463. The van der Waals surface area contributed by atoms with Gasteiger partial charge in [0.1, 0.15) is 0 Å². The van der Waals surface area contributed by atoms with Crippen molar-refractivity contribution in [2.75, 3.05) is 13.1 Å². The van der Waals surface area contributed by atoms with Gasteiger partial charge in [-0.3, -0.25) is 0 Å². The van der Waals surface area contributed by atoms with E-state index >= 15 is 0 Å². The molecule has 0 aromatic heterocycles. The average Bonchev–Trinajstić information content (AvgIpc) is 2.78. The van der Waals surface area contributed by atoms with Gasteiger partial charge in [0.05, 0.1) is 4.90 Å². The van der Waals surface area contributed by atoms with Crippen LogP contribution in [0.4, 0.5) is 0 Å². The predicted molar refractivity (Wildman–Crippen MR) is 80.7 cm³/mol. The van der Waals surface area contributed by atoms with Gasteiger partial charge in [-0.05, 0) is 36.0 Å². The predicted octanol–water partition coefficient (Wildman–Crippen LogP) is 2.37. The maximum Gasteiger partial charge on any atom is 0.243 e. The first-order valence-corrected chi connectivity index (χ1v) is 8.66. The second kappa shape index (κ2) is 5.84. The molecule has 0 saturated carbocycles. The van der Waals surface area contributed by atoms with Gasteiger partial charge >= 0.3 is 0 Å². The number of sulfonamides is 1. The van der Waals surface area contributed by atoms with E-state index in [4.69, 9.17) is 5.73 Å². The molecule has 3 unspecified atom stereocenters. The summed E-state index contributed by atoms with van der Waals surface area (Å²) < 4.78 is 26.9. The van der Waals surface area contributed by atoms with E-state index in [0.29, 0.717) is 29.8 Å². The SMILES string of the molecule is CCC(N)c1cccc(S(=O)(=O)N2CC(C)C(C)C2)c1. The highest BCUT2D eigenvalue weighted by Crippen LogP contribution is 2.29. The molecular formula is C15H24N2O2S. The van der Waals surface area contributed by atoms with Crippen LogP contribution in [0, 0.1) is 11.8 Å². The zero-order chi connectivity index (χ0) is 14.9. The molecular weight excluding hydrogens is 272 g/mol. The van der Waals surface area contributed by atoms with Crippen LogP contribution in [0.25, 0.3) is 0 Å². The van der Waals surface area contributed by atoms with Crippen LogP contribution in [-0.4, -0.2) is 25.8 Å². The first-order valence-electron chi connectivity index (χ1n) is 7.22. The van der Waals surface area contributed by atoms with E-state index < -0.39 is 10.0 Å². The summed E-state index contributed by atoms with van der Waals surface area (Å²) >= 11 is 0. The Labute approximate surface area is 122 Å². The molecule has 2 N–H and O–H groups in total. The van der Waals surface area contributed by atoms with Gasteiger partial charge in [-0.1, -0.05) is 32.9 Å². The molecule has 0 radical (unpaired) electrons. The molecule has 20 heavy (non-hydrogen) atoms. The maximum atomic E-state index is 12.7. The number of rotatable bonds is 4. The molecule has 0 aliphatic carbocycles. The molecule has 1 saturated heterocycles. The van der Waals surface area contributed by atoms with E-state index in [1.807, 2.05) is 13.0 Å². The Morgan fingerprint density at radius 2 is 1.90 bits per heavy atom. The lowest BCUT2D eigenvalue weighted by atomic mass is 10.0. The molecule has 1 heterocycles. The second-order valence-corrected chi connectivity index (χ2v) is 7.80. The van der Waals surface area contributed by atoms with Crippen molar-refractivity contribution in [2.24, 2.45) is 17.6 Å². The largest absolute Gasteiger partial charge is 0.324 e. The lowest BCUT2D eigenvalue weighted by Gasteiger charge is -2.17. The van der Waals surface area contributed by atoms with Gasteiger partial charge < -0.3 is 5.73 Å². The number of benzene rings is 1. The molecule has 4 nitrogen and oxygen atoms in total. The van der Waals surface area contributed by atoms with Crippen molar-refractivity contribution in [3.05, 3.63) is 29.8 Å². The Morgan fingerprint density at radius 3 is 2.45 bits per heavy atom. The van der Waals surface area contributed by atoms with Crippen LogP contribution in [0.2, 0.25) is 0 Å². The number of hydrogen-bond acceptors (Lipinski definition) is 3. The Morgan fingerprint density at radius 1 is 1.30 bits per heavy atom. The molecule has 0 bridgehead atoms. The van der Waals surface area contributed by atoms with Crippen LogP contribution < -0.4 is 5.73 Å². The quantitative estimate of drug-likeness (QED) is 0.928. The standard InChI is InChI=1S/C15H24N2O2S/c1-4-15(16)13-6-5-7-14(8-13)20(18,19)17-9-11(2)12(3)10-17/h5-8,11-12,15H,4,9-10,16H2,1-3H3. The first kappa shape index (κ1) is 15.5. The maximum absolute atomic E-state index is 12.7. The van der Waals surface area contributed by atoms with Crippen LogP contribution in [0.15, 0.2) is 29.2 Å². The van der Waals surface area contributed by atoms with Gasteiger partial charge in [0.25, 0.3) is 0 Å². The van der Waals surface area contributed by atoms with Gasteiger partial charge in [-0.25, -0.2) is 8.42 Å². The van der Waals surface area contributed by atoms with Crippen molar-refractivity contribution < 1.29 is 8.42 Å². The van der Waals surface area contributed by atoms with Crippen molar-refractivity contribution in [1.82, 2.24) is 4.31 Å². The summed E-state index contributed by atoms with van der Waals surface area (Å²) in [5.74, 6) is 0.816. The highest BCUT2D eigenvalue weighted by Gasteiger charge is 2.35. The van der Waals surface area contributed by atoms with E-state index in [2.05, 4.69) is 13.8 Å². The van der Waals surface area contributed by atoms with E-state index in [1.165, 1.54) is 0 Å². The van der Waals surface area contributed by atoms with Gasteiger partial charge in [0, 0.05) is 19.1 Å². The Kier molecular flexibility index (Phi) is 4.52. The van der Waals surface area contributed by atoms with E-state index in [1.54, 1.807) is 22.5 Å². The number of nitrogens with zero attached hydrogens (tertiary/aromatic N) is 1. The van der Waals surface area contributed by atoms with E-state index in [9.17, 15) is 8.42 Å². The monoisotopic (exact) mass is 296 g/mol. The molecule has 1 fully saturated rings. The molecule has 1 aliphatic heterocycles. The summed E-state index contributed by atoms with van der Waals surface area (Å²) in [5.41, 5.74) is 6.88. The van der Waals surface area contributed by atoms with Crippen molar-refractivity contribution in [2.45, 2.75) is 38.1 Å². The Bertz CT molecular complexity index is 561. The third kappa shape index (κ3) is 2.90. The molecule has 5 heteroatoms. The molecule has 1 aromatic rings. The molecule has 0 amide bonds. The third-order valence-electron chi connectivity index (χ3n) is 4.32. The number of hydrogen-bond donors (Lipinski definition) is 1. The minimum Gasteiger partial charge on any atom is -0.324 e. The van der Waals surface area contributed by atoms with Gasteiger partial charge in [0.15, 0.2) is 0 Å². The van der Waals surface area contributed by atoms with Crippen LogP contribution in [0.5, 0.6) is 0 Å². The van der Waals surface area contributed by atoms with Crippen LogP contribution in [-0.2, 0) is 10.0 Å². The second-order valence-electron chi connectivity index (χ2n) is 5.86. The van der Waals surface area contributed by atoms with Crippen molar-refractivity contribution in [3.8, 4) is 0 Å². The van der Waals surface area contributed by atoms with Crippen molar-refractivity contribution >= 4 is 10.0 Å². The smallest absolute Gasteiger partial charge is 0.243 e. The summed E-state index contributed by atoms with van der Waals surface area (Å²) in [6.07, 6.45) is 0.793. The van der Waals surface area contributed by atoms with Crippen LogP contribution in [0.3, 0.4) is 0 Å².